The van der Waals surface area contributed by atoms with Gasteiger partial charge in [0, 0.05) is 18.1 Å². The summed E-state index contributed by atoms with van der Waals surface area (Å²) in [6, 6.07) is 24.1. The van der Waals surface area contributed by atoms with Gasteiger partial charge < -0.3 is 19.1 Å². The van der Waals surface area contributed by atoms with Crippen LogP contribution in [0.25, 0.3) is 10.9 Å². The maximum absolute atomic E-state index is 13.0. The largest absolute Gasteiger partial charge is 0.514 e. The van der Waals surface area contributed by atoms with E-state index in [0.29, 0.717) is 23.1 Å². The number of nitrogens with zero attached hydrogens (tertiary/aromatic N) is 2. The van der Waals surface area contributed by atoms with Crippen molar-refractivity contribution in [2.24, 2.45) is 0 Å². The van der Waals surface area contributed by atoms with E-state index in [9.17, 15) is 9.59 Å². The molecule has 0 unspecified atom stereocenters. The Morgan fingerprint density at radius 1 is 0.800 bits per heavy atom. The molecule has 0 aliphatic heterocycles. The Morgan fingerprint density at radius 2 is 1.43 bits per heavy atom. The Labute approximate surface area is 204 Å². The normalized spacial score (nSPS) is 10.9. The summed E-state index contributed by atoms with van der Waals surface area (Å²) >= 11 is 0. The fourth-order valence-corrected chi connectivity index (χ4v) is 3.73. The van der Waals surface area contributed by atoms with E-state index in [-0.39, 0.29) is 13.2 Å². The molecule has 0 bridgehead atoms. The van der Waals surface area contributed by atoms with Crippen molar-refractivity contribution < 1.29 is 23.8 Å². The molecule has 1 heterocycles. The second kappa shape index (κ2) is 11.4. The first-order valence-electron chi connectivity index (χ1n) is 11.4. The molecule has 0 N–H and O–H groups in total. The average Bonchev–Trinajstić information content (AvgIpc) is 3.26. The minimum absolute atomic E-state index is 0.107. The third kappa shape index (κ3) is 6.28. The average molecular weight is 473 g/mol. The first-order chi connectivity index (χ1) is 17.0. The fourth-order valence-electron chi connectivity index (χ4n) is 3.73. The van der Waals surface area contributed by atoms with Crippen LogP contribution in [0.5, 0.6) is 5.75 Å². The lowest BCUT2D eigenvalue weighted by atomic mass is 10.1. The Morgan fingerprint density at radius 3 is 2.06 bits per heavy atom. The lowest BCUT2D eigenvalue weighted by Gasteiger charge is -2.10. The van der Waals surface area contributed by atoms with Gasteiger partial charge in [-0.25, -0.2) is 9.59 Å². The number of hydrogen-bond donors (Lipinski definition) is 0. The van der Waals surface area contributed by atoms with Crippen LogP contribution < -0.4 is 4.74 Å². The first kappa shape index (κ1) is 24.0. The lowest BCUT2D eigenvalue weighted by Crippen LogP contribution is -2.15. The van der Waals surface area contributed by atoms with Gasteiger partial charge in [0.2, 0.25) is 0 Å². The maximum atomic E-state index is 13.0. The number of hydrogen-bond acceptors (Lipinski definition) is 6. The molecule has 0 amide bonds. The zero-order valence-corrected chi connectivity index (χ0v) is 19.8. The molecule has 0 aliphatic rings. The van der Waals surface area contributed by atoms with Gasteiger partial charge in [0.05, 0.1) is 5.52 Å². The zero-order chi connectivity index (χ0) is 24.6. The van der Waals surface area contributed by atoms with Crippen LogP contribution in [0.3, 0.4) is 0 Å². The first-order valence-corrected chi connectivity index (χ1v) is 11.4. The Bertz CT molecular complexity index is 1280. The summed E-state index contributed by atoms with van der Waals surface area (Å²) in [6.07, 6.45) is 1.10. The molecule has 4 aromatic rings. The minimum atomic E-state index is -0.806. The van der Waals surface area contributed by atoms with E-state index in [1.165, 1.54) is 4.57 Å². The molecule has 0 spiro atoms. The summed E-state index contributed by atoms with van der Waals surface area (Å²) in [6.45, 7) is 1.02. The van der Waals surface area contributed by atoms with E-state index in [0.717, 1.165) is 23.2 Å². The SMILES string of the molecule is CN(C)CCc1cn(C(=O)OCc2ccccc2)c2cccc(OC(=O)OCc3ccccc3)c12. The molecule has 0 aliphatic carbocycles. The van der Waals surface area contributed by atoms with E-state index in [1.807, 2.05) is 74.8 Å². The van der Waals surface area contributed by atoms with E-state index in [2.05, 4.69) is 4.90 Å². The van der Waals surface area contributed by atoms with Gasteiger partial charge in [-0.1, -0.05) is 66.7 Å². The number of rotatable bonds is 8. The third-order valence-electron chi connectivity index (χ3n) is 5.49. The highest BCUT2D eigenvalue weighted by Crippen LogP contribution is 2.32. The van der Waals surface area contributed by atoms with Crippen molar-refractivity contribution in [3.63, 3.8) is 0 Å². The number of fused-ring (bicyclic) bond motifs is 1. The van der Waals surface area contributed by atoms with E-state index in [1.54, 1.807) is 24.4 Å². The Kier molecular flexibility index (Phi) is 7.80. The van der Waals surface area contributed by atoms with Crippen molar-refractivity contribution in [2.75, 3.05) is 20.6 Å². The molecule has 0 fully saturated rings. The molecule has 35 heavy (non-hydrogen) atoms. The Hall–Kier alpha value is -4.10. The molecule has 7 nitrogen and oxygen atoms in total. The quantitative estimate of drug-likeness (QED) is 0.244. The zero-order valence-electron chi connectivity index (χ0n) is 19.8. The van der Waals surface area contributed by atoms with Gasteiger partial charge in [-0.3, -0.25) is 4.57 Å². The van der Waals surface area contributed by atoms with Crippen molar-refractivity contribution >= 4 is 23.2 Å². The number of aromatic nitrogens is 1. The minimum Gasteiger partial charge on any atom is -0.444 e. The maximum Gasteiger partial charge on any atom is 0.514 e. The van der Waals surface area contributed by atoms with Gasteiger partial charge in [-0.2, -0.15) is 0 Å². The summed E-state index contributed by atoms with van der Waals surface area (Å²) in [4.78, 5) is 27.5. The van der Waals surface area contributed by atoms with Gasteiger partial charge in [0.1, 0.15) is 19.0 Å². The monoisotopic (exact) mass is 472 g/mol. The topological polar surface area (TPSA) is 70.0 Å². The summed E-state index contributed by atoms with van der Waals surface area (Å²) < 4.78 is 17.9. The fraction of sp³-hybridized carbons (Fsp3) is 0.214. The molecular weight excluding hydrogens is 444 g/mol. The molecule has 3 aromatic carbocycles. The van der Waals surface area contributed by atoms with Crippen LogP contribution in [-0.4, -0.2) is 42.4 Å². The second-order valence-electron chi connectivity index (χ2n) is 8.39. The predicted molar refractivity (Wildman–Crippen MR) is 133 cm³/mol. The van der Waals surface area contributed by atoms with E-state index >= 15 is 0 Å². The number of likely N-dealkylation sites (N-methyl/N-ethyl adjacent to an activating group) is 1. The van der Waals surface area contributed by atoms with Crippen LogP contribution in [0.1, 0.15) is 16.7 Å². The molecule has 180 valence electrons. The van der Waals surface area contributed by atoms with Crippen LogP contribution in [0.2, 0.25) is 0 Å². The lowest BCUT2D eigenvalue weighted by molar-refractivity contribution is 0.0932. The highest BCUT2D eigenvalue weighted by Gasteiger charge is 2.20. The van der Waals surface area contributed by atoms with Crippen LogP contribution in [0.15, 0.2) is 85.1 Å². The molecular formula is C28H28N2O5. The van der Waals surface area contributed by atoms with Crippen LogP contribution in [0, 0.1) is 0 Å². The number of ether oxygens (including phenoxy) is 3. The van der Waals surface area contributed by atoms with Crippen LogP contribution in [-0.2, 0) is 29.1 Å². The molecule has 0 saturated heterocycles. The van der Waals surface area contributed by atoms with Crippen LogP contribution >= 0.6 is 0 Å². The highest BCUT2D eigenvalue weighted by molar-refractivity contribution is 5.96. The molecule has 4 rings (SSSR count). The van der Waals surface area contributed by atoms with Crippen molar-refractivity contribution in [3.8, 4) is 5.75 Å². The summed E-state index contributed by atoms with van der Waals surface area (Å²) in [5, 5.41) is 0.683. The van der Waals surface area contributed by atoms with Crippen molar-refractivity contribution in [2.45, 2.75) is 19.6 Å². The van der Waals surface area contributed by atoms with Gasteiger partial charge in [-0.05, 0) is 49.3 Å². The number of carbonyl (C=O) groups is 2. The molecule has 1 aromatic heterocycles. The van der Waals surface area contributed by atoms with Crippen molar-refractivity contribution in [3.05, 3.63) is 102 Å². The molecule has 0 atom stereocenters. The van der Waals surface area contributed by atoms with Gasteiger partial charge in [0.25, 0.3) is 0 Å². The van der Waals surface area contributed by atoms with Gasteiger partial charge in [-0.15, -0.1) is 0 Å². The van der Waals surface area contributed by atoms with E-state index < -0.39 is 12.2 Å². The smallest absolute Gasteiger partial charge is 0.444 e. The van der Waals surface area contributed by atoms with Crippen molar-refractivity contribution in [1.82, 2.24) is 9.47 Å². The number of carbonyl (C=O) groups excluding carboxylic acids is 2. The highest BCUT2D eigenvalue weighted by atomic mass is 16.7. The standard InChI is InChI=1S/C28H28N2O5/c1-29(2)17-16-23-18-30(27(31)33-19-21-10-5-3-6-11-21)24-14-9-15-25(26(23)24)35-28(32)34-20-22-12-7-4-8-13-22/h3-15,18H,16-17,19-20H2,1-2H3. The van der Waals surface area contributed by atoms with E-state index in [4.69, 9.17) is 14.2 Å². The summed E-state index contributed by atoms with van der Waals surface area (Å²) in [7, 11) is 3.96. The number of benzene rings is 3. The van der Waals surface area contributed by atoms with Crippen molar-refractivity contribution in [1.29, 1.82) is 0 Å². The predicted octanol–water partition coefficient (Wildman–Crippen LogP) is 5.65. The molecule has 7 heteroatoms. The summed E-state index contributed by atoms with van der Waals surface area (Å²) in [5.74, 6) is 0.337. The van der Waals surface area contributed by atoms with Gasteiger partial charge in [0.15, 0.2) is 0 Å². The van der Waals surface area contributed by atoms with Crippen LogP contribution in [0.4, 0.5) is 9.59 Å². The third-order valence-corrected chi connectivity index (χ3v) is 5.49. The van der Waals surface area contributed by atoms with Gasteiger partial charge >= 0.3 is 12.2 Å². The second-order valence-corrected chi connectivity index (χ2v) is 8.39. The summed E-state index contributed by atoms with van der Waals surface area (Å²) in [5.41, 5.74) is 3.24. The molecule has 0 saturated carbocycles. The Balaban J connectivity index is 1.57. The molecule has 0 radical (unpaired) electrons.